The fourth-order valence-electron chi connectivity index (χ4n) is 1.67. The average molecular weight is 254 g/mol. The minimum Gasteiger partial charge on any atom is -0.496 e. The molecule has 1 saturated heterocycles. The number of carbonyl (C=O) groups excluding carboxylic acids is 2. The Morgan fingerprint density at radius 3 is 3.12 bits per heavy atom. The van der Waals surface area contributed by atoms with Gasteiger partial charge in [-0.2, -0.15) is 0 Å². The molecule has 0 spiro atoms. The first-order valence-corrected chi connectivity index (χ1v) is 6.27. The van der Waals surface area contributed by atoms with Crippen LogP contribution in [0.15, 0.2) is 11.4 Å². The van der Waals surface area contributed by atoms with Gasteiger partial charge < -0.3 is 15.0 Å². The highest BCUT2D eigenvalue weighted by molar-refractivity contribution is 7.12. The van der Waals surface area contributed by atoms with E-state index >= 15 is 0 Å². The lowest BCUT2D eigenvalue weighted by Crippen LogP contribution is -2.37. The van der Waals surface area contributed by atoms with Crippen LogP contribution in [0.2, 0.25) is 0 Å². The first kappa shape index (κ1) is 11.9. The van der Waals surface area contributed by atoms with Crippen LogP contribution in [0.4, 0.5) is 0 Å². The molecule has 1 fully saturated rings. The molecule has 17 heavy (non-hydrogen) atoms. The molecule has 1 N–H and O–H groups in total. The van der Waals surface area contributed by atoms with Crippen molar-refractivity contribution in [1.82, 2.24) is 10.2 Å². The summed E-state index contributed by atoms with van der Waals surface area (Å²) < 4.78 is 5.04. The number of carbonyl (C=O) groups is 2. The number of methoxy groups -OCH3 is 1. The minimum absolute atomic E-state index is 0.0978. The molecule has 1 aliphatic heterocycles. The van der Waals surface area contributed by atoms with Gasteiger partial charge in [0.15, 0.2) is 0 Å². The lowest BCUT2D eigenvalue weighted by Gasteiger charge is -2.17. The van der Waals surface area contributed by atoms with E-state index in [-0.39, 0.29) is 18.4 Å². The van der Waals surface area contributed by atoms with Crippen LogP contribution in [-0.4, -0.2) is 43.5 Å². The van der Waals surface area contributed by atoms with Gasteiger partial charge in [0.05, 0.1) is 18.5 Å². The smallest absolute Gasteiger partial charge is 0.264 e. The summed E-state index contributed by atoms with van der Waals surface area (Å²) in [4.78, 5) is 25.7. The van der Waals surface area contributed by atoms with E-state index in [1.54, 1.807) is 23.5 Å². The van der Waals surface area contributed by atoms with Crippen LogP contribution in [0.3, 0.4) is 0 Å². The third kappa shape index (κ3) is 2.76. The van der Waals surface area contributed by atoms with E-state index in [1.807, 2.05) is 0 Å². The Kier molecular flexibility index (Phi) is 3.63. The summed E-state index contributed by atoms with van der Waals surface area (Å²) in [5, 5.41) is 4.53. The van der Waals surface area contributed by atoms with Gasteiger partial charge in [0, 0.05) is 24.5 Å². The van der Waals surface area contributed by atoms with E-state index in [4.69, 9.17) is 4.74 Å². The first-order valence-electron chi connectivity index (χ1n) is 5.39. The fraction of sp³-hybridized carbons (Fsp3) is 0.455. The molecule has 0 radical (unpaired) electrons. The zero-order chi connectivity index (χ0) is 12.3. The standard InChI is InChI=1S/C11H14N2O3S/c1-16-8-5-9(17-7-8)11(15)13-4-2-3-12-10(14)6-13/h5,7H,2-4,6H2,1H3,(H,12,14). The zero-order valence-electron chi connectivity index (χ0n) is 9.56. The number of hydrogen-bond acceptors (Lipinski definition) is 4. The Morgan fingerprint density at radius 2 is 2.41 bits per heavy atom. The third-order valence-corrected chi connectivity index (χ3v) is 3.47. The van der Waals surface area contributed by atoms with Crippen molar-refractivity contribution < 1.29 is 14.3 Å². The summed E-state index contributed by atoms with van der Waals surface area (Å²) in [6.07, 6.45) is 0.792. The molecule has 0 aromatic carbocycles. The van der Waals surface area contributed by atoms with Gasteiger partial charge in [0.25, 0.3) is 5.91 Å². The molecule has 1 aliphatic rings. The maximum absolute atomic E-state index is 12.1. The normalized spacial score (nSPS) is 16.3. The largest absolute Gasteiger partial charge is 0.496 e. The molecule has 5 nitrogen and oxygen atoms in total. The number of ether oxygens (including phenoxy) is 1. The SMILES string of the molecule is COc1csc(C(=O)N2CCCNC(=O)C2)c1. The highest BCUT2D eigenvalue weighted by Gasteiger charge is 2.22. The van der Waals surface area contributed by atoms with Crippen molar-refractivity contribution in [3.63, 3.8) is 0 Å². The van der Waals surface area contributed by atoms with Crippen molar-refractivity contribution in [2.24, 2.45) is 0 Å². The van der Waals surface area contributed by atoms with Crippen molar-refractivity contribution >= 4 is 23.2 Å². The Labute approximate surface area is 103 Å². The molecule has 6 heteroatoms. The molecular weight excluding hydrogens is 240 g/mol. The second-order valence-corrected chi connectivity index (χ2v) is 4.69. The van der Waals surface area contributed by atoms with Crippen LogP contribution < -0.4 is 10.1 Å². The monoisotopic (exact) mass is 254 g/mol. The van der Waals surface area contributed by atoms with E-state index in [0.717, 1.165) is 6.42 Å². The molecule has 0 unspecified atom stereocenters. The van der Waals surface area contributed by atoms with Crippen LogP contribution in [0.25, 0.3) is 0 Å². The van der Waals surface area contributed by atoms with Gasteiger partial charge in [0.1, 0.15) is 5.75 Å². The maximum atomic E-state index is 12.1. The van der Waals surface area contributed by atoms with Crippen molar-refractivity contribution in [3.8, 4) is 5.75 Å². The van der Waals surface area contributed by atoms with Gasteiger partial charge in [0.2, 0.25) is 5.91 Å². The molecule has 2 heterocycles. The summed E-state index contributed by atoms with van der Waals surface area (Å²) >= 11 is 1.34. The van der Waals surface area contributed by atoms with E-state index in [1.165, 1.54) is 11.3 Å². The molecular formula is C11H14N2O3S. The molecule has 2 amide bonds. The number of rotatable bonds is 2. The third-order valence-electron chi connectivity index (χ3n) is 2.57. The second kappa shape index (κ2) is 5.18. The summed E-state index contributed by atoms with van der Waals surface area (Å²) in [7, 11) is 1.57. The highest BCUT2D eigenvalue weighted by atomic mass is 32.1. The molecule has 0 aliphatic carbocycles. The summed E-state index contributed by atoms with van der Waals surface area (Å²) in [5.41, 5.74) is 0. The molecule has 1 aromatic rings. The van der Waals surface area contributed by atoms with Crippen LogP contribution in [0.1, 0.15) is 16.1 Å². The first-order chi connectivity index (χ1) is 8.20. The lowest BCUT2D eigenvalue weighted by atomic mass is 10.3. The Balaban J connectivity index is 2.10. The number of thiophene rings is 1. The topological polar surface area (TPSA) is 58.6 Å². The van der Waals surface area contributed by atoms with Gasteiger partial charge in [-0.3, -0.25) is 9.59 Å². The quantitative estimate of drug-likeness (QED) is 0.846. The molecule has 0 saturated carbocycles. The van der Waals surface area contributed by atoms with Crippen molar-refractivity contribution in [3.05, 3.63) is 16.3 Å². The number of nitrogens with one attached hydrogen (secondary N) is 1. The van der Waals surface area contributed by atoms with Crippen LogP contribution in [-0.2, 0) is 4.79 Å². The van der Waals surface area contributed by atoms with Crippen LogP contribution >= 0.6 is 11.3 Å². The van der Waals surface area contributed by atoms with Crippen molar-refractivity contribution in [2.45, 2.75) is 6.42 Å². The Morgan fingerprint density at radius 1 is 1.59 bits per heavy atom. The van der Waals surface area contributed by atoms with Gasteiger partial charge in [-0.1, -0.05) is 0 Å². The number of nitrogens with zero attached hydrogens (tertiary/aromatic N) is 1. The maximum Gasteiger partial charge on any atom is 0.264 e. The van der Waals surface area contributed by atoms with Gasteiger partial charge in [-0.25, -0.2) is 0 Å². The lowest BCUT2D eigenvalue weighted by molar-refractivity contribution is -0.121. The van der Waals surface area contributed by atoms with Crippen LogP contribution in [0.5, 0.6) is 5.75 Å². The van der Waals surface area contributed by atoms with E-state index in [9.17, 15) is 9.59 Å². The zero-order valence-corrected chi connectivity index (χ0v) is 10.4. The molecule has 92 valence electrons. The summed E-state index contributed by atoms with van der Waals surface area (Å²) in [6, 6.07) is 1.70. The summed E-state index contributed by atoms with van der Waals surface area (Å²) in [6.45, 7) is 1.38. The molecule has 0 atom stereocenters. The number of amides is 2. The predicted octanol–water partition coefficient (Wildman–Crippen LogP) is 0.719. The Hall–Kier alpha value is -1.56. The van der Waals surface area contributed by atoms with E-state index in [0.29, 0.717) is 23.7 Å². The average Bonchev–Trinajstić information content (AvgIpc) is 2.71. The molecule has 1 aromatic heterocycles. The fourth-order valence-corrected chi connectivity index (χ4v) is 2.49. The summed E-state index contributed by atoms with van der Waals surface area (Å²) in [5.74, 6) is 0.479. The van der Waals surface area contributed by atoms with Crippen LogP contribution in [0, 0.1) is 0 Å². The molecule has 0 bridgehead atoms. The van der Waals surface area contributed by atoms with Crippen molar-refractivity contribution in [1.29, 1.82) is 0 Å². The predicted molar refractivity (Wildman–Crippen MR) is 64.4 cm³/mol. The highest BCUT2D eigenvalue weighted by Crippen LogP contribution is 2.22. The van der Waals surface area contributed by atoms with Gasteiger partial charge in [-0.15, -0.1) is 11.3 Å². The van der Waals surface area contributed by atoms with Gasteiger partial charge >= 0.3 is 0 Å². The Bertz CT molecular complexity index is 430. The van der Waals surface area contributed by atoms with Gasteiger partial charge in [-0.05, 0) is 6.42 Å². The van der Waals surface area contributed by atoms with Crippen molar-refractivity contribution in [2.75, 3.05) is 26.7 Å². The molecule has 2 rings (SSSR count). The second-order valence-electron chi connectivity index (χ2n) is 3.78. The minimum atomic E-state index is -0.102. The van der Waals surface area contributed by atoms with E-state index < -0.39 is 0 Å². The number of hydrogen-bond donors (Lipinski definition) is 1. The van der Waals surface area contributed by atoms with E-state index in [2.05, 4.69) is 5.32 Å².